The van der Waals surface area contributed by atoms with E-state index in [9.17, 15) is 9.36 Å². The number of hydrogen-bond donors (Lipinski definition) is 0. The first kappa shape index (κ1) is 15.5. The van der Waals surface area contributed by atoms with Crippen LogP contribution in [0.3, 0.4) is 0 Å². The average Bonchev–Trinajstić information content (AvgIpc) is 2.27. The molecule has 0 spiro atoms. The first-order chi connectivity index (χ1) is 7.40. The molecule has 0 radical (unpaired) electrons. The normalized spacial score (nSPS) is 12.4. The van der Waals surface area contributed by atoms with Gasteiger partial charge in [-0.2, -0.15) is 0 Å². The number of carbonyl (C=O) groups is 1. The van der Waals surface area contributed by atoms with Crippen LogP contribution in [0, 0.1) is 0 Å². The summed E-state index contributed by atoms with van der Waals surface area (Å²) < 4.78 is 25.8. The van der Waals surface area contributed by atoms with E-state index in [4.69, 9.17) is 4.52 Å². The molecule has 0 N–H and O–H groups in total. The van der Waals surface area contributed by atoms with Crippen molar-refractivity contribution < 1.29 is 22.9 Å². The molecule has 0 bridgehead atoms. The highest BCUT2D eigenvalue weighted by molar-refractivity contribution is 8.01. The molecule has 0 aliphatic heterocycles. The van der Waals surface area contributed by atoms with E-state index in [1.807, 2.05) is 0 Å². The Bertz CT molecular complexity index is 310. The topological polar surface area (TPSA) is 65.1 Å². The van der Waals surface area contributed by atoms with Crippen molar-refractivity contribution in [3.63, 3.8) is 0 Å². The predicted octanol–water partition coefficient (Wildman–Crippen LogP) is 1.70. The van der Waals surface area contributed by atoms with Crippen LogP contribution in [-0.2, 0) is 22.9 Å². The highest BCUT2D eigenvalue weighted by atomic mass is 32.2. The van der Waals surface area contributed by atoms with E-state index in [1.54, 1.807) is 20.4 Å². The molecule has 6 nitrogen and oxygen atoms in total. The van der Waals surface area contributed by atoms with E-state index < -0.39 is 13.7 Å². The van der Waals surface area contributed by atoms with Gasteiger partial charge in [0.05, 0.1) is 0 Å². The molecule has 16 heavy (non-hydrogen) atoms. The average molecular weight is 269 g/mol. The molecule has 0 aromatic heterocycles. The van der Waals surface area contributed by atoms with Gasteiger partial charge in [-0.3, -0.25) is 13.8 Å². The van der Waals surface area contributed by atoms with Crippen molar-refractivity contribution in [2.75, 3.05) is 34.6 Å². The molecule has 0 aliphatic carbocycles. The highest BCUT2D eigenvalue weighted by Gasteiger charge is 2.29. The van der Waals surface area contributed by atoms with Crippen LogP contribution < -0.4 is 0 Å². The quantitative estimate of drug-likeness (QED) is 0.415. The lowest BCUT2D eigenvalue weighted by molar-refractivity contribution is -0.127. The van der Waals surface area contributed by atoms with Gasteiger partial charge in [-0.25, -0.2) is 4.57 Å². The number of phosphoric acid groups is 1. The molecule has 0 saturated heterocycles. The summed E-state index contributed by atoms with van der Waals surface area (Å²) >= 11 is 1.25. The number of rotatable bonds is 6. The van der Waals surface area contributed by atoms with Gasteiger partial charge in [0, 0.05) is 33.7 Å². The van der Waals surface area contributed by atoms with Crippen molar-refractivity contribution >= 4 is 25.5 Å². The van der Waals surface area contributed by atoms with Crippen LogP contribution in [-0.4, -0.2) is 45.4 Å². The maximum absolute atomic E-state index is 11.7. The van der Waals surface area contributed by atoms with Gasteiger partial charge in [0.2, 0.25) is 5.76 Å². The third-order valence-electron chi connectivity index (χ3n) is 1.50. The first-order valence-electron chi connectivity index (χ1n) is 4.26. The van der Waals surface area contributed by atoms with Gasteiger partial charge in [-0.05, 0) is 6.26 Å². The van der Waals surface area contributed by atoms with Crippen molar-refractivity contribution in [3.05, 3.63) is 11.2 Å². The van der Waals surface area contributed by atoms with E-state index in [0.717, 1.165) is 0 Å². The molecule has 0 atom stereocenters. The number of amides is 1. The molecule has 0 rings (SSSR count). The Labute approximate surface area is 99.5 Å². The van der Waals surface area contributed by atoms with E-state index in [1.165, 1.54) is 36.3 Å². The maximum atomic E-state index is 11.7. The van der Waals surface area contributed by atoms with E-state index in [2.05, 4.69) is 9.05 Å². The van der Waals surface area contributed by atoms with Crippen molar-refractivity contribution in [1.82, 2.24) is 4.90 Å². The van der Waals surface area contributed by atoms with Crippen LogP contribution in [0.15, 0.2) is 11.2 Å². The molecular weight excluding hydrogens is 253 g/mol. The van der Waals surface area contributed by atoms with Gasteiger partial charge < -0.3 is 9.42 Å². The minimum Gasteiger partial charge on any atom is -0.398 e. The number of hydrogen-bond acceptors (Lipinski definition) is 6. The molecule has 94 valence electrons. The SMILES string of the molecule is COP(=O)(OC)OC(=CSC)C(=O)N(C)C. The maximum Gasteiger partial charge on any atom is 0.529 e. The second-order valence-corrected chi connectivity index (χ2v) is 5.34. The Balaban J connectivity index is 4.91. The van der Waals surface area contributed by atoms with Gasteiger partial charge in [-0.15, -0.1) is 11.8 Å². The van der Waals surface area contributed by atoms with E-state index >= 15 is 0 Å². The van der Waals surface area contributed by atoms with Gasteiger partial charge in [-0.1, -0.05) is 0 Å². The number of carbonyl (C=O) groups excluding carboxylic acids is 1. The van der Waals surface area contributed by atoms with Crippen molar-refractivity contribution in [1.29, 1.82) is 0 Å². The zero-order chi connectivity index (χ0) is 12.8. The Hall–Kier alpha value is -0.490. The second kappa shape index (κ2) is 6.96. The Morgan fingerprint density at radius 2 is 1.81 bits per heavy atom. The minimum atomic E-state index is -3.69. The lowest BCUT2D eigenvalue weighted by Crippen LogP contribution is -2.24. The molecule has 8 heteroatoms. The summed E-state index contributed by atoms with van der Waals surface area (Å²) in [5.41, 5.74) is 0. The summed E-state index contributed by atoms with van der Waals surface area (Å²) in [6.45, 7) is 0. The van der Waals surface area contributed by atoms with Gasteiger partial charge in [0.1, 0.15) is 0 Å². The van der Waals surface area contributed by atoms with Crippen LogP contribution in [0.2, 0.25) is 0 Å². The molecule has 0 aromatic rings. The summed E-state index contributed by atoms with van der Waals surface area (Å²) in [5.74, 6) is -0.492. The second-order valence-electron chi connectivity index (χ2n) is 2.82. The van der Waals surface area contributed by atoms with E-state index in [0.29, 0.717) is 0 Å². The molecule has 0 fully saturated rings. The van der Waals surface area contributed by atoms with Crippen LogP contribution in [0.4, 0.5) is 0 Å². The van der Waals surface area contributed by atoms with Crippen LogP contribution in [0.1, 0.15) is 0 Å². The van der Waals surface area contributed by atoms with Crippen molar-refractivity contribution in [2.45, 2.75) is 0 Å². The largest absolute Gasteiger partial charge is 0.529 e. The lowest BCUT2D eigenvalue weighted by atomic mass is 10.5. The number of likely N-dealkylation sites (N-methyl/N-ethyl adjacent to an activating group) is 1. The van der Waals surface area contributed by atoms with Gasteiger partial charge in [0.25, 0.3) is 5.91 Å². The number of thioether (sulfide) groups is 1. The standard InChI is InChI=1S/C8H16NO5PS/c1-9(2)8(10)7(6-16-5)14-15(11,12-3)13-4/h6H,1-5H3. The fourth-order valence-electron chi connectivity index (χ4n) is 0.708. The molecule has 1 amide bonds. The summed E-state index contributed by atoms with van der Waals surface area (Å²) in [6.07, 6.45) is 1.75. The molecule has 0 unspecified atom stereocenters. The lowest BCUT2D eigenvalue weighted by Gasteiger charge is -2.18. The molecule has 0 saturated carbocycles. The van der Waals surface area contributed by atoms with Gasteiger partial charge in [0.15, 0.2) is 0 Å². The summed E-state index contributed by atoms with van der Waals surface area (Å²) in [7, 11) is 1.79. The fraction of sp³-hybridized carbons (Fsp3) is 0.625. The Morgan fingerprint density at radius 1 is 1.31 bits per heavy atom. The molecule has 0 aromatic carbocycles. The highest BCUT2D eigenvalue weighted by Crippen LogP contribution is 2.49. The smallest absolute Gasteiger partial charge is 0.398 e. The Kier molecular flexibility index (Phi) is 6.74. The van der Waals surface area contributed by atoms with Crippen molar-refractivity contribution in [2.24, 2.45) is 0 Å². The summed E-state index contributed by atoms with van der Waals surface area (Å²) in [5, 5.41) is 1.44. The molecule has 0 heterocycles. The summed E-state index contributed by atoms with van der Waals surface area (Å²) in [6, 6.07) is 0. The van der Waals surface area contributed by atoms with Crippen LogP contribution in [0.5, 0.6) is 0 Å². The molecular formula is C8H16NO5PS. The monoisotopic (exact) mass is 269 g/mol. The van der Waals surface area contributed by atoms with E-state index in [-0.39, 0.29) is 5.76 Å². The zero-order valence-corrected chi connectivity index (χ0v) is 11.6. The Morgan fingerprint density at radius 3 is 2.12 bits per heavy atom. The fourth-order valence-corrected chi connectivity index (χ4v) is 1.81. The van der Waals surface area contributed by atoms with Crippen LogP contribution >= 0.6 is 19.6 Å². The third kappa shape index (κ3) is 4.57. The third-order valence-corrected chi connectivity index (χ3v) is 3.26. The minimum absolute atomic E-state index is 0.0791. The zero-order valence-electron chi connectivity index (χ0n) is 9.92. The number of phosphoric ester groups is 1. The predicted molar refractivity (Wildman–Crippen MR) is 63.0 cm³/mol. The summed E-state index contributed by atoms with van der Waals surface area (Å²) in [4.78, 5) is 12.9. The van der Waals surface area contributed by atoms with Crippen LogP contribution in [0.25, 0.3) is 0 Å². The number of nitrogens with zero attached hydrogens (tertiary/aromatic N) is 1. The first-order valence-corrected chi connectivity index (χ1v) is 7.00. The van der Waals surface area contributed by atoms with Gasteiger partial charge >= 0.3 is 7.82 Å². The van der Waals surface area contributed by atoms with Crippen molar-refractivity contribution in [3.8, 4) is 0 Å². The molecule has 0 aliphatic rings.